The van der Waals surface area contributed by atoms with Crippen LogP contribution in [-0.4, -0.2) is 12.0 Å². The molecule has 0 aliphatic carbocycles. The van der Waals surface area contributed by atoms with E-state index >= 15 is 0 Å². The molecule has 0 saturated heterocycles. The summed E-state index contributed by atoms with van der Waals surface area (Å²) in [6.45, 7) is 0.202. The molecular formula is C35H71BrCl2Si. The van der Waals surface area contributed by atoms with Gasteiger partial charge in [0.1, 0.15) is 0 Å². The van der Waals surface area contributed by atoms with Crippen LogP contribution in [0, 0.1) is 0 Å². The predicted molar refractivity (Wildman–Crippen MR) is 190 cm³/mol. The number of hydrogen-bond acceptors (Lipinski definition) is 0. The van der Waals surface area contributed by atoms with Crippen molar-refractivity contribution in [3.63, 3.8) is 0 Å². The Labute approximate surface area is 266 Å². The van der Waals surface area contributed by atoms with Crippen molar-refractivity contribution < 1.29 is 0 Å². The second kappa shape index (κ2) is 33.8. The third kappa shape index (κ3) is 39.3. The Hall–Kier alpha value is 1.28. The lowest BCUT2D eigenvalue weighted by molar-refractivity contribution is 0.512. The van der Waals surface area contributed by atoms with Crippen LogP contribution in [0.1, 0.15) is 205 Å². The van der Waals surface area contributed by atoms with Crippen molar-refractivity contribution >= 4 is 44.8 Å². The Morgan fingerprint density at radius 1 is 0.308 bits per heavy atom. The molecule has 0 aromatic rings. The van der Waals surface area contributed by atoms with Crippen molar-refractivity contribution in [1.29, 1.82) is 0 Å². The topological polar surface area (TPSA) is 0 Å². The zero-order valence-electron chi connectivity index (χ0n) is 26.7. The molecule has 0 amide bonds. The van der Waals surface area contributed by atoms with Gasteiger partial charge in [0.2, 0.25) is 6.69 Å². The molecule has 0 saturated carbocycles. The molecule has 0 radical (unpaired) electrons. The minimum atomic E-state index is -1.84. The molecule has 0 nitrogen and oxygen atoms in total. The van der Waals surface area contributed by atoms with Gasteiger partial charge in [-0.25, -0.2) is 0 Å². The first-order valence-electron chi connectivity index (χ1n) is 18.0. The lowest BCUT2D eigenvalue weighted by Crippen LogP contribution is -2.11. The average molecular weight is 671 g/mol. The van der Waals surface area contributed by atoms with Crippen LogP contribution in [0.15, 0.2) is 0 Å². The Morgan fingerprint density at radius 2 is 0.462 bits per heavy atom. The van der Waals surface area contributed by atoms with E-state index in [9.17, 15) is 0 Å². The number of hydrogen-bond donors (Lipinski definition) is 0. The molecule has 39 heavy (non-hydrogen) atoms. The highest BCUT2D eigenvalue weighted by molar-refractivity contribution is 9.09. The van der Waals surface area contributed by atoms with Gasteiger partial charge in [0.25, 0.3) is 0 Å². The molecule has 0 aliphatic heterocycles. The van der Waals surface area contributed by atoms with Crippen LogP contribution in [0.25, 0.3) is 0 Å². The van der Waals surface area contributed by atoms with Gasteiger partial charge >= 0.3 is 0 Å². The minimum absolute atomic E-state index is 1.06. The van der Waals surface area contributed by atoms with Crippen molar-refractivity contribution in [2.45, 2.75) is 218 Å². The average Bonchev–Trinajstić information content (AvgIpc) is 2.90. The summed E-state index contributed by atoms with van der Waals surface area (Å²) in [7, 11) is 0. The first kappa shape index (κ1) is 40.3. The van der Waals surface area contributed by atoms with Gasteiger partial charge in [-0.05, 0) is 19.0 Å². The summed E-state index contributed by atoms with van der Waals surface area (Å²) >= 11 is 15.8. The molecule has 0 bridgehead atoms. The fraction of sp³-hybridized carbons (Fsp3) is 1.00. The summed E-state index contributed by atoms with van der Waals surface area (Å²) in [4.78, 5) is 0. The number of rotatable bonds is 34. The van der Waals surface area contributed by atoms with E-state index in [2.05, 4.69) is 15.9 Å². The number of halogens is 3. The van der Waals surface area contributed by atoms with E-state index < -0.39 is 6.69 Å². The van der Waals surface area contributed by atoms with Crippen molar-refractivity contribution in [3.05, 3.63) is 0 Å². The van der Waals surface area contributed by atoms with E-state index in [4.69, 9.17) is 22.2 Å². The van der Waals surface area contributed by atoms with Gasteiger partial charge in [-0.15, -0.1) is 22.2 Å². The molecule has 0 unspecified atom stereocenters. The zero-order valence-corrected chi connectivity index (χ0v) is 30.8. The van der Waals surface area contributed by atoms with Crippen LogP contribution in [0.2, 0.25) is 12.6 Å². The minimum Gasteiger partial charge on any atom is -0.146 e. The van der Waals surface area contributed by atoms with Crippen molar-refractivity contribution in [3.8, 4) is 0 Å². The van der Waals surface area contributed by atoms with Crippen LogP contribution in [0.5, 0.6) is 0 Å². The molecule has 0 aliphatic rings. The molecule has 0 spiro atoms. The molecule has 0 aromatic carbocycles. The van der Waals surface area contributed by atoms with Gasteiger partial charge in [-0.3, -0.25) is 0 Å². The van der Waals surface area contributed by atoms with E-state index in [0.29, 0.717) is 0 Å². The second-order valence-electron chi connectivity index (χ2n) is 12.8. The van der Waals surface area contributed by atoms with Gasteiger partial charge in [0.15, 0.2) is 0 Å². The number of alkyl halides is 1. The quantitative estimate of drug-likeness (QED) is 0.0277. The lowest BCUT2D eigenvalue weighted by atomic mass is 10.0. The summed E-state index contributed by atoms with van der Waals surface area (Å²) in [6, 6.07) is 1.06. The highest BCUT2D eigenvalue weighted by Crippen LogP contribution is 2.23. The van der Waals surface area contributed by atoms with Gasteiger partial charge < -0.3 is 0 Å². The maximum absolute atomic E-state index is 6.16. The van der Waals surface area contributed by atoms with Crippen LogP contribution in [-0.2, 0) is 0 Å². The molecule has 0 aromatic heterocycles. The fourth-order valence-corrected chi connectivity index (χ4v) is 7.90. The third-order valence-corrected chi connectivity index (χ3v) is 11.4. The molecule has 0 fully saturated rings. The summed E-state index contributed by atoms with van der Waals surface area (Å²) in [6.07, 6.45) is 46.4. The fourth-order valence-electron chi connectivity index (χ4n) is 5.83. The van der Waals surface area contributed by atoms with Gasteiger partial charge in [-0.1, -0.05) is 215 Å². The van der Waals surface area contributed by atoms with Crippen molar-refractivity contribution in [2.24, 2.45) is 0 Å². The van der Waals surface area contributed by atoms with Crippen LogP contribution >= 0.6 is 38.1 Å². The molecule has 0 heterocycles. The summed E-state index contributed by atoms with van der Waals surface area (Å²) in [5.41, 5.74) is 0. The highest BCUT2D eigenvalue weighted by Gasteiger charge is 2.19. The van der Waals surface area contributed by atoms with E-state index in [0.717, 1.165) is 6.04 Å². The van der Waals surface area contributed by atoms with Crippen molar-refractivity contribution in [1.82, 2.24) is 0 Å². The normalized spacial score (nSPS) is 12.0. The zero-order chi connectivity index (χ0) is 28.5. The van der Waals surface area contributed by atoms with E-state index in [1.54, 1.807) is 0 Å². The Morgan fingerprint density at radius 3 is 0.615 bits per heavy atom. The maximum atomic E-state index is 6.16. The Bertz CT molecular complexity index is 441. The van der Waals surface area contributed by atoms with Gasteiger partial charge in [-0.2, -0.15) is 0 Å². The molecule has 236 valence electrons. The van der Waals surface area contributed by atoms with Crippen LogP contribution in [0.3, 0.4) is 0 Å². The standard InChI is InChI=1S/C35H71BrCl2Si/c1-39(37,38)35-33-31-29-27-25-23-21-19-17-15-13-11-9-7-5-3-2-4-6-8-10-12-14-16-18-20-22-24-26-28-30-32-34-36/h2-35H2,1H3. The first-order chi connectivity index (χ1) is 19.1. The largest absolute Gasteiger partial charge is 0.248 e. The smallest absolute Gasteiger partial charge is 0.146 e. The van der Waals surface area contributed by atoms with Crippen LogP contribution in [0.4, 0.5) is 0 Å². The lowest BCUT2D eigenvalue weighted by Gasteiger charge is -2.09. The number of unbranched alkanes of at least 4 members (excludes halogenated alkanes) is 31. The summed E-state index contributed by atoms with van der Waals surface area (Å²) in [5, 5.41) is 1.18. The Balaban J connectivity index is 3.04. The predicted octanol–water partition coefficient (Wildman–Crippen LogP) is 15.4. The monoisotopic (exact) mass is 668 g/mol. The van der Waals surface area contributed by atoms with E-state index in [1.165, 1.54) is 211 Å². The molecule has 0 rings (SSSR count). The van der Waals surface area contributed by atoms with E-state index in [-0.39, 0.29) is 0 Å². The summed E-state index contributed by atoms with van der Waals surface area (Å²) < 4.78 is 0. The highest BCUT2D eigenvalue weighted by atomic mass is 79.9. The van der Waals surface area contributed by atoms with Crippen molar-refractivity contribution in [2.75, 3.05) is 5.33 Å². The third-order valence-electron chi connectivity index (χ3n) is 8.50. The first-order valence-corrected chi connectivity index (χ1v) is 23.9. The maximum Gasteiger partial charge on any atom is 0.248 e. The van der Waals surface area contributed by atoms with Crippen LogP contribution < -0.4 is 0 Å². The molecule has 4 heteroatoms. The SMILES string of the molecule is C[Si](Cl)(Cl)CCCCCCCCCCCCCCCCCCCCCCCCCCCCCCCCCCBr. The molecule has 0 N–H and O–H groups in total. The second-order valence-corrected chi connectivity index (χ2v) is 21.8. The van der Waals surface area contributed by atoms with Gasteiger partial charge in [0.05, 0.1) is 0 Å². The Kier molecular flexibility index (Phi) is 34.9. The summed E-state index contributed by atoms with van der Waals surface area (Å²) in [5.74, 6) is 0. The molecule has 0 atom stereocenters. The molecular weight excluding hydrogens is 599 g/mol. The van der Waals surface area contributed by atoms with E-state index in [1.807, 2.05) is 6.55 Å². The van der Waals surface area contributed by atoms with Gasteiger partial charge in [0, 0.05) is 5.33 Å².